The van der Waals surface area contributed by atoms with E-state index in [1.54, 1.807) is 6.07 Å². The van der Waals surface area contributed by atoms with Crippen LogP contribution in [-0.2, 0) is 25.6 Å². The summed E-state index contributed by atoms with van der Waals surface area (Å²) in [6, 6.07) is 16.4. The number of benzene rings is 2. The number of hydrogen-bond acceptors (Lipinski definition) is 6. The van der Waals surface area contributed by atoms with E-state index in [1.807, 2.05) is 55.5 Å². The van der Waals surface area contributed by atoms with Gasteiger partial charge in [0.05, 0.1) is 0 Å². The maximum Gasteiger partial charge on any atom is 0.328 e. The average molecular weight is 509 g/mol. The maximum absolute atomic E-state index is 13.0. The number of ether oxygens (including phenoxy) is 2. The second-order valence-corrected chi connectivity index (χ2v) is 9.51. The highest BCUT2D eigenvalue weighted by Gasteiger charge is 2.26. The van der Waals surface area contributed by atoms with Crippen LogP contribution in [0.1, 0.15) is 85.8 Å². The molecule has 1 atom stereocenters. The van der Waals surface area contributed by atoms with Crippen molar-refractivity contribution < 1.29 is 23.9 Å². The van der Waals surface area contributed by atoms with Gasteiger partial charge in [0.2, 0.25) is 0 Å². The highest BCUT2D eigenvalue weighted by atomic mass is 16.5. The summed E-state index contributed by atoms with van der Waals surface area (Å²) < 4.78 is 10.9. The van der Waals surface area contributed by atoms with Crippen molar-refractivity contribution in [3.63, 3.8) is 0 Å². The minimum atomic E-state index is -0.570. The molecule has 7 heteroatoms. The molecule has 0 saturated heterocycles. The maximum atomic E-state index is 13.0. The first kappa shape index (κ1) is 28.5. The number of carbonyl (C=O) groups excluding carboxylic acids is 3. The van der Waals surface area contributed by atoms with Crippen LogP contribution in [0.3, 0.4) is 0 Å². The summed E-state index contributed by atoms with van der Waals surface area (Å²) >= 11 is 0. The van der Waals surface area contributed by atoms with E-state index in [-0.39, 0.29) is 30.4 Å². The number of esters is 1. The molecule has 0 aromatic heterocycles. The number of nitrogens with one attached hydrogen (secondary N) is 2. The largest absolute Gasteiger partial charge is 0.461 e. The zero-order chi connectivity index (χ0) is 26.3. The third kappa shape index (κ3) is 10.1. The summed E-state index contributed by atoms with van der Waals surface area (Å²) in [5, 5.41) is 6.29. The smallest absolute Gasteiger partial charge is 0.328 e. The fourth-order valence-electron chi connectivity index (χ4n) is 4.48. The molecule has 0 aliphatic heterocycles. The summed E-state index contributed by atoms with van der Waals surface area (Å²) in [4.78, 5) is 37.3. The monoisotopic (exact) mass is 508 g/mol. The van der Waals surface area contributed by atoms with E-state index < -0.39 is 6.04 Å². The zero-order valence-corrected chi connectivity index (χ0v) is 21.9. The average Bonchev–Trinajstić information content (AvgIpc) is 3.43. The lowest BCUT2D eigenvalue weighted by Crippen LogP contribution is -2.32. The Balaban J connectivity index is 1.47. The molecular weight excluding hydrogens is 468 g/mol. The first-order valence-electron chi connectivity index (χ1n) is 13.5. The van der Waals surface area contributed by atoms with Gasteiger partial charge in [0.25, 0.3) is 5.91 Å². The Morgan fingerprint density at radius 2 is 1.76 bits per heavy atom. The van der Waals surface area contributed by atoms with Crippen LogP contribution in [0.5, 0.6) is 0 Å². The summed E-state index contributed by atoms with van der Waals surface area (Å²) in [7, 11) is 0. The van der Waals surface area contributed by atoms with Gasteiger partial charge in [-0.2, -0.15) is 0 Å². The summed E-state index contributed by atoms with van der Waals surface area (Å²) in [5.41, 5.74) is 2.35. The molecule has 2 N–H and O–H groups in total. The second kappa shape index (κ2) is 15.9. The first-order chi connectivity index (χ1) is 18.1. The lowest BCUT2D eigenvalue weighted by molar-refractivity contribution is -0.151. The van der Waals surface area contributed by atoms with Crippen molar-refractivity contribution >= 4 is 17.7 Å². The number of rotatable bonds is 16. The summed E-state index contributed by atoms with van der Waals surface area (Å²) in [5.74, 6) is -0.265. The predicted molar refractivity (Wildman–Crippen MR) is 143 cm³/mol. The van der Waals surface area contributed by atoms with E-state index >= 15 is 0 Å². The van der Waals surface area contributed by atoms with Gasteiger partial charge in [0.15, 0.2) is 5.78 Å². The van der Waals surface area contributed by atoms with Gasteiger partial charge in [-0.15, -0.1) is 0 Å². The minimum absolute atomic E-state index is 0.00287. The van der Waals surface area contributed by atoms with E-state index in [1.165, 1.54) is 0 Å². The lowest BCUT2D eigenvalue weighted by atomic mass is 10.1. The molecule has 2 aromatic rings. The van der Waals surface area contributed by atoms with Gasteiger partial charge in [-0.05, 0) is 68.7 Å². The quantitative estimate of drug-likeness (QED) is 0.247. The van der Waals surface area contributed by atoms with Crippen LogP contribution >= 0.6 is 0 Å². The molecule has 0 bridgehead atoms. The minimum Gasteiger partial charge on any atom is -0.461 e. The lowest BCUT2D eigenvalue weighted by Gasteiger charge is -2.21. The Labute approximate surface area is 220 Å². The third-order valence-corrected chi connectivity index (χ3v) is 6.54. The normalized spacial score (nSPS) is 14.3. The highest BCUT2D eigenvalue weighted by molar-refractivity contribution is 5.94. The van der Waals surface area contributed by atoms with Crippen molar-refractivity contribution in [1.29, 1.82) is 0 Å². The highest BCUT2D eigenvalue weighted by Crippen LogP contribution is 2.24. The zero-order valence-electron chi connectivity index (χ0n) is 21.9. The molecule has 1 amide bonds. The molecule has 200 valence electrons. The van der Waals surface area contributed by atoms with E-state index in [2.05, 4.69) is 10.6 Å². The van der Waals surface area contributed by atoms with E-state index in [0.29, 0.717) is 31.7 Å². The summed E-state index contributed by atoms with van der Waals surface area (Å²) in [6.07, 6.45) is 7.07. The van der Waals surface area contributed by atoms with E-state index in [0.717, 1.165) is 56.1 Å². The predicted octanol–water partition coefficient (Wildman–Crippen LogP) is 4.90. The molecule has 0 spiro atoms. The molecule has 1 aliphatic rings. The molecule has 0 unspecified atom stereocenters. The van der Waals surface area contributed by atoms with Crippen molar-refractivity contribution in [3.8, 4) is 0 Å². The Kier molecular flexibility index (Phi) is 12.3. The Morgan fingerprint density at radius 3 is 2.51 bits per heavy atom. The Morgan fingerprint density at radius 1 is 0.973 bits per heavy atom. The van der Waals surface area contributed by atoms with Gasteiger partial charge in [0, 0.05) is 31.7 Å². The standard InChI is InChI=1S/C30H40N2O5/c1-2-36-22-26(33)16-7-4-10-19-31-29(34)25-15-11-12-23(20-25)21-32-28(24-13-5-3-6-14-24)30(35)37-27-17-8-9-18-27/h3,5-6,11-15,20,27-28,32H,2,4,7-10,16-19,21-22H2,1H3,(H,31,34)/t28-/m0/s1. The molecule has 37 heavy (non-hydrogen) atoms. The number of amides is 1. The van der Waals surface area contributed by atoms with Gasteiger partial charge in [-0.25, -0.2) is 4.79 Å². The molecule has 3 rings (SSSR count). The molecule has 0 heterocycles. The number of unbranched alkanes of at least 4 members (excludes halogenated alkanes) is 2. The first-order valence-corrected chi connectivity index (χ1v) is 13.5. The van der Waals surface area contributed by atoms with Crippen LogP contribution in [0.4, 0.5) is 0 Å². The third-order valence-electron chi connectivity index (χ3n) is 6.54. The fraction of sp³-hybridized carbons (Fsp3) is 0.500. The number of hydrogen-bond donors (Lipinski definition) is 2. The molecule has 1 aliphatic carbocycles. The van der Waals surface area contributed by atoms with E-state index in [4.69, 9.17) is 9.47 Å². The molecule has 0 radical (unpaired) electrons. The van der Waals surface area contributed by atoms with Crippen LogP contribution in [0.15, 0.2) is 54.6 Å². The van der Waals surface area contributed by atoms with Crippen molar-refractivity contribution in [2.24, 2.45) is 0 Å². The van der Waals surface area contributed by atoms with Crippen LogP contribution in [0.25, 0.3) is 0 Å². The molecule has 1 saturated carbocycles. The van der Waals surface area contributed by atoms with Crippen LogP contribution in [0.2, 0.25) is 0 Å². The van der Waals surface area contributed by atoms with Crippen molar-refractivity contribution in [3.05, 3.63) is 71.3 Å². The van der Waals surface area contributed by atoms with Crippen LogP contribution in [-0.4, -0.2) is 43.5 Å². The van der Waals surface area contributed by atoms with Crippen molar-refractivity contribution in [2.45, 2.75) is 77.0 Å². The number of Topliss-reactive ketones (excluding diaryl/α,β-unsaturated/α-hetero) is 1. The number of carbonyl (C=O) groups is 3. The molecule has 1 fully saturated rings. The SMILES string of the molecule is CCOCC(=O)CCCCCNC(=O)c1cccc(CN[C@H](C(=O)OC2CCCC2)c2ccccc2)c1. The van der Waals surface area contributed by atoms with Crippen LogP contribution in [0, 0.1) is 0 Å². The van der Waals surface area contributed by atoms with Crippen molar-refractivity contribution in [1.82, 2.24) is 10.6 Å². The van der Waals surface area contributed by atoms with Gasteiger partial charge in [-0.3, -0.25) is 14.9 Å². The second-order valence-electron chi connectivity index (χ2n) is 9.51. The topological polar surface area (TPSA) is 93.7 Å². The van der Waals surface area contributed by atoms with Crippen LogP contribution < -0.4 is 10.6 Å². The number of ketones is 1. The fourth-order valence-corrected chi connectivity index (χ4v) is 4.48. The molecular formula is C30H40N2O5. The molecule has 7 nitrogen and oxygen atoms in total. The molecule has 2 aromatic carbocycles. The van der Waals surface area contributed by atoms with Gasteiger partial charge in [-0.1, -0.05) is 48.9 Å². The summed E-state index contributed by atoms with van der Waals surface area (Å²) in [6.45, 7) is 3.60. The van der Waals surface area contributed by atoms with E-state index in [9.17, 15) is 14.4 Å². The Bertz CT molecular complexity index is 988. The Hall–Kier alpha value is -3.03. The van der Waals surface area contributed by atoms with Gasteiger partial charge >= 0.3 is 5.97 Å². The van der Waals surface area contributed by atoms with Crippen molar-refractivity contribution in [2.75, 3.05) is 19.8 Å². The van der Waals surface area contributed by atoms with Gasteiger partial charge in [0.1, 0.15) is 18.8 Å². The van der Waals surface area contributed by atoms with Gasteiger partial charge < -0.3 is 14.8 Å².